The molecule has 2 aromatic carbocycles. The molecule has 0 aliphatic rings. The molecule has 1 heterocycles. The number of carbonyl (C=O) groups is 1. The molecule has 0 aliphatic heterocycles. The van der Waals surface area contributed by atoms with Crippen molar-refractivity contribution >= 4 is 39.1 Å². The fourth-order valence-electron chi connectivity index (χ4n) is 2.32. The fraction of sp³-hybridized carbons (Fsp3) is 0.0526. The second-order valence-corrected chi connectivity index (χ2v) is 6.48. The van der Waals surface area contributed by atoms with Crippen LogP contribution in [0.4, 0.5) is 5.69 Å². The van der Waals surface area contributed by atoms with E-state index in [-0.39, 0.29) is 5.91 Å². The molecule has 126 valence electrons. The third kappa shape index (κ3) is 4.00. The molecule has 0 spiro atoms. The van der Waals surface area contributed by atoms with Crippen molar-refractivity contribution in [2.24, 2.45) is 0 Å². The van der Waals surface area contributed by atoms with Crippen molar-refractivity contribution < 1.29 is 9.53 Å². The van der Waals surface area contributed by atoms with Crippen LogP contribution in [-0.4, -0.2) is 18.0 Å². The van der Waals surface area contributed by atoms with Crippen LogP contribution in [0.1, 0.15) is 10.4 Å². The number of methoxy groups -OCH3 is 1. The molecule has 0 radical (unpaired) electrons. The molecule has 1 N–H and O–H groups in total. The highest BCUT2D eigenvalue weighted by Crippen LogP contribution is 2.28. The zero-order valence-corrected chi connectivity index (χ0v) is 15.6. The number of aromatic nitrogens is 1. The lowest BCUT2D eigenvalue weighted by atomic mass is 10.1. The maximum absolute atomic E-state index is 12.4. The maximum Gasteiger partial charge on any atom is 0.257 e. The Morgan fingerprint density at radius 3 is 2.64 bits per heavy atom. The number of para-hydroxylation sites is 1. The van der Waals surface area contributed by atoms with E-state index in [1.54, 1.807) is 37.4 Å². The number of carbonyl (C=O) groups excluding carboxylic acids is 1. The Bertz CT molecular complexity index is 914. The van der Waals surface area contributed by atoms with Crippen LogP contribution in [0.5, 0.6) is 5.75 Å². The van der Waals surface area contributed by atoms with Crippen molar-refractivity contribution in [3.05, 3.63) is 75.9 Å². The van der Waals surface area contributed by atoms with Crippen molar-refractivity contribution in [1.29, 1.82) is 0 Å². The highest BCUT2D eigenvalue weighted by molar-refractivity contribution is 9.10. The highest BCUT2D eigenvalue weighted by atomic mass is 79.9. The molecule has 1 amide bonds. The van der Waals surface area contributed by atoms with Crippen molar-refractivity contribution in [3.63, 3.8) is 0 Å². The summed E-state index contributed by atoms with van der Waals surface area (Å²) >= 11 is 9.36. The second kappa shape index (κ2) is 7.68. The molecule has 0 saturated carbocycles. The summed E-state index contributed by atoms with van der Waals surface area (Å²) in [5, 5.41) is 3.33. The molecular formula is C19H14BrClN2O2. The van der Waals surface area contributed by atoms with Crippen LogP contribution in [0.2, 0.25) is 5.02 Å². The molecule has 0 fully saturated rings. The molecular weight excluding hydrogens is 404 g/mol. The molecule has 0 bridgehead atoms. The summed E-state index contributed by atoms with van der Waals surface area (Å²) in [4.78, 5) is 16.7. The third-order valence-electron chi connectivity index (χ3n) is 3.59. The van der Waals surface area contributed by atoms with Crippen LogP contribution in [-0.2, 0) is 0 Å². The first-order valence-electron chi connectivity index (χ1n) is 7.44. The standard InChI is InChI=1S/C19H14BrClN2O2/c1-25-18-5-3-2-4-14(18)17-9-6-12(11-22-17)19(24)23-13-7-8-15(20)16(21)10-13/h2-11H,1H3,(H,23,24). The van der Waals surface area contributed by atoms with E-state index in [2.05, 4.69) is 26.2 Å². The summed E-state index contributed by atoms with van der Waals surface area (Å²) in [7, 11) is 1.62. The van der Waals surface area contributed by atoms with E-state index in [1.807, 2.05) is 24.3 Å². The van der Waals surface area contributed by atoms with E-state index in [1.165, 1.54) is 6.20 Å². The van der Waals surface area contributed by atoms with Gasteiger partial charge in [0.25, 0.3) is 5.91 Å². The van der Waals surface area contributed by atoms with Gasteiger partial charge in [0.1, 0.15) is 5.75 Å². The number of benzene rings is 2. The predicted molar refractivity (Wildman–Crippen MR) is 103 cm³/mol. The summed E-state index contributed by atoms with van der Waals surface area (Å²) in [6.45, 7) is 0. The van der Waals surface area contributed by atoms with Crippen LogP contribution in [0.3, 0.4) is 0 Å². The monoisotopic (exact) mass is 416 g/mol. The first kappa shape index (κ1) is 17.5. The van der Waals surface area contributed by atoms with Gasteiger partial charge in [0.2, 0.25) is 0 Å². The number of nitrogens with one attached hydrogen (secondary N) is 1. The number of hydrogen-bond donors (Lipinski definition) is 1. The van der Waals surface area contributed by atoms with Crippen molar-refractivity contribution in [1.82, 2.24) is 4.98 Å². The molecule has 0 atom stereocenters. The molecule has 6 heteroatoms. The Morgan fingerprint density at radius 1 is 1.16 bits per heavy atom. The normalized spacial score (nSPS) is 10.4. The van der Waals surface area contributed by atoms with Crippen LogP contribution in [0.15, 0.2) is 65.3 Å². The topological polar surface area (TPSA) is 51.2 Å². The van der Waals surface area contributed by atoms with Crippen molar-refractivity contribution in [2.75, 3.05) is 12.4 Å². The Labute approximate surface area is 158 Å². The number of pyridine rings is 1. The number of rotatable bonds is 4. The predicted octanol–water partition coefficient (Wildman–Crippen LogP) is 5.43. The molecule has 3 rings (SSSR count). The molecule has 25 heavy (non-hydrogen) atoms. The van der Waals surface area contributed by atoms with E-state index in [9.17, 15) is 4.79 Å². The number of halogens is 2. The van der Waals surface area contributed by atoms with Gasteiger partial charge in [-0.1, -0.05) is 23.7 Å². The van der Waals surface area contributed by atoms with E-state index in [0.29, 0.717) is 16.3 Å². The van der Waals surface area contributed by atoms with Gasteiger partial charge < -0.3 is 10.1 Å². The lowest BCUT2D eigenvalue weighted by molar-refractivity contribution is 0.102. The maximum atomic E-state index is 12.4. The third-order valence-corrected chi connectivity index (χ3v) is 4.82. The molecule has 0 saturated heterocycles. The molecule has 0 unspecified atom stereocenters. The fourth-order valence-corrected chi connectivity index (χ4v) is 2.75. The highest BCUT2D eigenvalue weighted by Gasteiger charge is 2.10. The van der Waals surface area contributed by atoms with Gasteiger partial charge in [-0.25, -0.2) is 0 Å². The van der Waals surface area contributed by atoms with Gasteiger partial charge in [-0.15, -0.1) is 0 Å². The largest absolute Gasteiger partial charge is 0.496 e. The van der Waals surface area contributed by atoms with E-state index >= 15 is 0 Å². The minimum atomic E-state index is -0.252. The lowest BCUT2D eigenvalue weighted by Crippen LogP contribution is -2.12. The number of anilines is 1. The average Bonchev–Trinajstić information content (AvgIpc) is 2.65. The summed E-state index contributed by atoms with van der Waals surface area (Å²) in [6, 6.07) is 16.3. The van der Waals surface area contributed by atoms with Crippen LogP contribution in [0, 0.1) is 0 Å². The first-order valence-corrected chi connectivity index (χ1v) is 8.61. The number of ether oxygens (including phenoxy) is 1. The van der Waals surface area contributed by atoms with Crippen LogP contribution < -0.4 is 10.1 Å². The molecule has 4 nitrogen and oxygen atoms in total. The van der Waals surface area contributed by atoms with Gasteiger partial charge in [0.15, 0.2) is 0 Å². The Balaban J connectivity index is 1.79. The second-order valence-electron chi connectivity index (χ2n) is 5.22. The number of amides is 1. The smallest absolute Gasteiger partial charge is 0.257 e. The number of nitrogens with zero attached hydrogens (tertiary/aromatic N) is 1. The minimum Gasteiger partial charge on any atom is -0.496 e. The first-order chi connectivity index (χ1) is 12.1. The minimum absolute atomic E-state index is 0.252. The number of hydrogen-bond acceptors (Lipinski definition) is 3. The summed E-state index contributed by atoms with van der Waals surface area (Å²) in [5.74, 6) is 0.481. The Hall–Kier alpha value is -2.37. The molecule has 3 aromatic rings. The Morgan fingerprint density at radius 2 is 1.96 bits per heavy atom. The summed E-state index contributed by atoms with van der Waals surface area (Å²) < 4.78 is 6.11. The van der Waals surface area contributed by atoms with Gasteiger partial charge in [0, 0.05) is 21.9 Å². The SMILES string of the molecule is COc1ccccc1-c1ccc(C(=O)Nc2ccc(Br)c(Cl)c2)cn1. The van der Waals surface area contributed by atoms with E-state index in [0.717, 1.165) is 21.5 Å². The van der Waals surface area contributed by atoms with Crippen molar-refractivity contribution in [2.45, 2.75) is 0 Å². The zero-order valence-electron chi connectivity index (χ0n) is 13.3. The van der Waals surface area contributed by atoms with Crippen LogP contribution in [0.25, 0.3) is 11.3 Å². The van der Waals surface area contributed by atoms with Gasteiger partial charge in [-0.05, 0) is 58.4 Å². The quantitative estimate of drug-likeness (QED) is 0.616. The van der Waals surface area contributed by atoms with E-state index in [4.69, 9.17) is 16.3 Å². The Kier molecular flexibility index (Phi) is 5.36. The molecule has 0 aliphatic carbocycles. The molecule has 1 aromatic heterocycles. The zero-order chi connectivity index (χ0) is 17.8. The van der Waals surface area contributed by atoms with Crippen molar-refractivity contribution in [3.8, 4) is 17.0 Å². The summed E-state index contributed by atoms with van der Waals surface area (Å²) in [6.07, 6.45) is 1.54. The van der Waals surface area contributed by atoms with Gasteiger partial charge in [-0.3, -0.25) is 9.78 Å². The van der Waals surface area contributed by atoms with E-state index < -0.39 is 0 Å². The lowest BCUT2D eigenvalue weighted by Gasteiger charge is -2.09. The van der Waals surface area contributed by atoms with Gasteiger partial charge >= 0.3 is 0 Å². The van der Waals surface area contributed by atoms with Crippen LogP contribution >= 0.6 is 27.5 Å². The van der Waals surface area contributed by atoms with Gasteiger partial charge in [0.05, 0.1) is 23.4 Å². The average molecular weight is 418 g/mol. The van der Waals surface area contributed by atoms with Gasteiger partial charge in [-0.2, -0.15) is 0 Å². The summed E-state index contributed by atoms with van der Waals surface area (Å²) in [5.41, 5.74) is 2.68.